The van der Waals surface area contributed by atoms with Crippen molar-refractivity contribution in [1.29, 1.82) is 0 Å². The SMILES string of the molecule is CC(C)[C@H](COCCCCOC[C@H](c1ccccc1)C(C)(C)C)c1ccccc1. The largest absolute Gasteiger partial charge is 0.381 e. The van der Waals surface area contributed by atoms with E-state index in [9.17, 15) is 0 Å². The summed E-state index contributed by atoms with van der Waals surface area (Å²) in [4.78, 5) is 0. The molecular weight excluding hydrogens is 356 g/mol. The Bertz CT molecular complexity index is 658. The molecule has 2 heteroatoms. The summed E-state index contributed by atoms with van der Waals surface area (Å²) in [6, 6.07) is 21.5. The van der Waals surface area contributed by atoms with E-state index in [1.165, 1.54) is 11.1 Å². The van der Waals surface area contributed by atoms with Crippen molar-refractivity contribution >= 4 is 0 Å². The molecule has 0 aromatic heterocycles. The third-order valence-electron chi connectivity index (χ3n) is 5.69. The van der Waals surface area contributed by atoms with E-state index in [2.05, 4.69) is 95.3 Å². The normalized spacial score (nSPS) is 14.1. The predicted molar refractivity (Wildman–Crippen MR) is 124 cm³/mol. The van der Waals surface area contributed by atoms with Gasteiger partial charge in [0.05, 0.1) is 13.2 Å². The highest BCUT2D eigenvalue weighted by Crippen LogP contribution is 2.35. The van der Waals surface area contributed by atoms with Crippen molar-refractivity contribution in [3.63, 3.8) is 0 Å². The number of unbranched alkanes of at least 4 members (excludes halogenated alkanes) is 1. The van der Waals surface area contributed by atoms with Crippen LogP contribution in [0.1, 0.15) is 70.4 Å². The van der Waals surface area contributed by atoms with Gasteiger partial charge in [-0.05, 0) is 35.3 Å². The first kappa shape index (κ1) is 23.6. The van der Waals surface area contributed by atoms with E-state index in [0.717, 1.165) is 39.3 Å². The van der Waals surface area contributed by atoms with Gasteiger partial charge in [-0.1, -0.05) is 95.3 Å². The van der Waals surface area contributed by atoms with Gasteiger partial charge in [0.1, 0.15) is 0 Å². The molecule has 0 unspecified atom stereocenters. The molecule has 0 radical (unpaired) electrons. The van der Waals surface area contributed by atoms with Crippen molar-refractivity contribution in [1.82, 2.24) is 0 Å². The minimum atomic E-state index is 0.188. The maximum Gasteiger partial charge on any atom is 0.0539 e. The lowest BCUT2D eigenvalue weighted by atomic mass is 9.77. The summed E-state index contributed by atoms with van der Waals surface area (Å²) in [5.41, 5.74) is 2.93. The summed E-state index contributed by atoms with van der Waals surface area (Å²) in [6.07, 6.45) is 2.09. The zero-order valence-electron chi connectivity index (χ0n) is 19.1. The Labute approximate surface area is 178 Å². The Balaban J connectivity index is 1.65. The Kier molecular flexibility index (Phi) is 9.90. The lowest BCUT2D eigenvalue weighted by Crippen LogP contribution is -2.23. The molecule has 0 aliphatic heterocycles. The van der Waals surface area contributed by atoms with Crippen LogP contribution in [0.4, 0.5) is 0 Å². The maximum atomic E-state index is 6.06. The molecule has 160 valence electrons. The van der Waals surface area contributed by atoms with E-state index in [-0.39, 0.29) is 5.41 Å². The molecule has 29 heavy (non-hydrogen) atoms. The van der Waals surface area contributed by atoms with E-state index in [0.29, 0.717) is 17.8 Å². The van der Waals surface area contributed by atoms with Crippen molar-refractivity contribution in [2.24, 2.45) is 11.3 Å². The highest BCUT2D eigenvalue weighted by atomic mass is 16.5. The fourth-order valence-electron chi connectivity index (χ4n) is 3.73. The third kappa shape index (κ3) is 8.32. The van der Waals surface area contributed by atoms with Gasteiger partial charge in [-0.25, -0.2) is 0 Å². The lowest BCUT2D eigenvalue weighted by Gasteiger charge is -2.31. The van der Waals surface area contributed by atoms with Crippen molar-refractivity contribution in [2.45, 2.75) is 59.3 Å². The van der Waals surface area contributed by atoms with E-state index in [1.807, 2.05) is 0 Å². The Morgan fingerprint density at radius 3 is 1.66 bits per heavy atom. The standard InChI is InChI=1S/C27H40O2/c1-22(2)25(23-14-8-6-9-15-23)20-28-18-12-13-19-29-21-26(27(3,4)5)24-16-10-7-11-17-24/h6-11,14-17,22,25-26H,12-13,18-21H2,1-5H3/t25-,26+/m0/s1. The van der Waals surface area contributed by atoms with Gasteiger partial charge in [0.25, 0.3) is 0 Å². The molecule has 0 fully saturated rings. The fourth-order valence-corrected chi connectivity index (χ4v) is 3.73. The van der Waals surface area contributed by atoms with Crippen LogP contribution in [0.2, 0.25) is 0 Å². The average Bonchev–Trinajstić information content (AvgIpc) is 2.69. The van der Waals surface area contributed by atoms with Crippen LogP contribution in [0, 0.1) is 11.3 Å². The van der Waals surface area contributed by atoms with Gasteiger partial charge in [-0.3, -0.25) is 0 Å². The van der Waals surface area contributed by atoms with Gasteiger partial charge in [0.15, 0.2) is 0 Å². The average molecular weight is 397 g/mol. The summed E-state index contributed by atoms with van der Waals surface area (Å²) < 4.78 is 12.1. The van der Waals surface area contributed by atoms with Crippen LogP contribution < -0.4 is 0 Å². The smallest absolute Gasteiger partial charge is 0.0539 e. The van der Waals surface area contributed by atoms with Crippen LogP contribution in [-0.4, -0.2) is 26.4 Å². The van der Waals surface area contributed by atoms with Gasteiger partial charge in [-0.15, -0.1) is 0 Å². The van der Waals surface area contributed by atoms with Gasteiger partial charge in [0, 0.05) is 25.0 Å². The molecule has 2 nitrogen and oxygen atoms in total. The Hall–Kier alpha value is -1.64. The highest BCUT2D eigenvalue weighted by Gasteiger charge is 2.26. The first-order chi connectivity index (χ1) is 13.9. The van der Waals surface area contributed by atoms with E-state index < -0.39 is 0 Å². The first-order valence-electron chi connectivity index (χ1n) is 11.1. The van der Waals surface area contributed by atoms with Crippen LogP contribution in [-0.2, 0) is 9.47 Å². The molecule has 2 rings (SSSR count). The minimum absolute atomic E-state index is 0.188. The topological polar surface area (TPSA) is 18.5 Å². The zero-order valence-corrected chi connectivity index (χ0v) is 19.1. The van der Waals surface area contributed by atoms with Crippen molar-refractivity contribution in [2.75, 3.05) is 26.4 Å². The first-order valence-corrected chi connectivity index (χ1v) is 11.1. The second kappa shape index (κ2) is 12.1. The number of benzene rings is 2. The maximum absolute atomic E-state index is 6.06. The number of ether oxygens (including phenoxy) is 2. The van der Waals surface area contributed by atoms with Crippen molar-refractivity contribution in [3.05, 3.63) is 71.8 Å². The van der Waals surface area contributed by atoms with E-state index >= 15 is 0 Å². The molecule has 0 aliphatic carbocycles. The molecule has 2 aromatic rings. The molecule has 2 aromatic carbocycles. The highest BCUT2D eigenvalue weighted by molar-refractivity contribution is 5.21. The molecule has 0 aliphatic rings. The number of hydrogen-bond acceptors (Lipinski definition) is 2. The molecule has 0 saturated carbocycles. The monoisotopic (exact) mass is 396 g/mol. The van der Waals surface area contributed by atoms with Crippen LogP contribution >= 0.6 is 0 Å². The molecule has 0 amide bonds. The summed E-state index contributed by atoms with van der Waals surface area (Å²) >= 11 is 0. The zero-order chi connectivity index (χ0) is 21.1. The molecule has 0 N–H and O–H groups in total. The van der Waals surface area contributed by atoms with Crippen LogP contribution in [0.25, 0.3) is 0 Å². The molecule has 0 heterocycles. The fraction of sp³-hybridized carbons (Fsp3) is 0.556. The Morgan fingerprint density at radius 2 is 1.17 bits per heavy atom. The Morgan fingerprint density at radius 1 is 0.690 bits per heavy atom. The second-order valence-electron chi connectivity index (χ2n) is 9.45. The van der Waals surface area contributed by atoms with Gasteiger partial charge >= 0.3 is 0 Å². The molecule has 2 atom stereocenters. The number of hydrogen-bond donors (Lipinski definition) is 0. The minimum Gasteiger partial charge on any atom is -0.381 e. The summed E-state index contributed by atoms with van der Waals surface area (Å²) in [5.74, 6) is 1.46. The van der Waals surface area contributed by atoms with Gasteiger partial charge in [-0.2, -0.15) is 0 Å². The third-order valence-corrected chi connectivity index (χ3v) is 5.69. The summed E-state index contributed by atoms with van der Waals surface area (Å²) in [5, 5.41) is 0. The predicted octanol–water partition coefficient (Wildman–Crippen LogP) is 7.07. The lowest BCUT2D eigenvalue weighted by molar-refractivity contribution is 0.0710. The molecular formula is C27H40O2. The van der Waals surface area contributed by atoms with E-state index in [4.69, 9.17) is 9.47 Å². The number of rotatable bonds is 12. The molecule has 0 saturated heterocycles. The molecule has 0 bridgehead atoms. The van der Waals surface area contributed by atoms with Gasteiger partial charge in [0.2, 0.25) is 0 Å². The quantitative estimate of drug-likeness (QED) is 0.357. The second-order valence-corrected chi connectivity index (χ2v) is 9.45. The van der Waals surface area contributed by atoms with E-state index in [1.54, 1.807) is 0 Å². The van der Waals surface area contributed by atoms with Crippen LogP contribution in [0.15, 0.2) is 60.7 Å². The summed E-state index contributed by atoms with van der Waals surface area (Å²) in [6.45, 7) is 14.6. The summed E-state index contributed by atoms with van der Waals surface area (Å²) in [7, 11) is 0. The van der Waals surface area contributed by atoms with Crippen molar-refractivity contribution in [3.8, 4) is 0 Å². The van der Waals surface area contributed by atoms with Crippen molar-refractivity contribution < 1.29 is 9.47 Å². The van der Waals surface area contributed by atoms with Gasteiger partial charge < -0.3 is 9.47 Å². The van der Waals surface area contributed by atoms with Crippen LogP contribution in [0.3, 0.4) is 0 Å². The molecule has 0 spiro atoms. The van der Waals surface area contributed by atoms with Crippen LogP contribution in [0.5, 0.6) is 0 Å².